The molecule has 31 heavy (non-hydrogen) atoms. The van der Waals surface area contributed by atoms with E-state index in [2.05, 4.69) is 52.9 Å². The Labute approximate surface area is 189 Å². The predicted octanol–water partition coefficient (Wildman–Crippen LogP) is 5.21. The molecule has 2 aromatic heterocycles. The number of likely N-dealkylation sites (tertiary alicyclic amines) is 1. The quantitative estimate of drug-likeness (QED) is 0.597. The predicted molar refractivity (Wildman–Crippen MR) is 133 cm³/mol. The summed E-state index contributed by atoms with van der Waals surface area (Å²) in [6.07, 6.45) is 12.3. The molecule has 3 rings (SSSR count). The Bertz CT molecular complexity index is 1010. The second-order valence-electron chi connectivity index (χ2n) is 6.89. The van der Waals surface area contributed by atoms with Gasteiger partial charge in [-0.1, -0.05) is 52.0 Å². The van der Waals surface area contributed by atoms with E-state index >= 15 is 0 Å². The van der Waals surface area contributed by atoms with E-state index in [4.69, 9.17) is 0 Å². The minimum Gasteiger partial charge on any atom is -0.293 e. The smallest absolute Gasteiger partial charge is 0.274 e. The summed E-state index contributed by atoms with van der Waals surface area (Å²) in [7, 11) is 0. The van der Waals surface area contributed by atoms with E-state index in [0.29, 0.717) is 18.1 Å². The highest BCUT2D eigenvalue weighted by Gasteiger charge is 2.19. The highest BCUT2D eigenvalue weighted by Crippen LogP contribution is 2.23. The maximum absolute atomic E-state index is 12.5. The number of aromatic nitrogens is 4. The van der Waals surface area contributed by atoms with Gasteiger partial charge in [0.2, 0.25) is 0 Å². The van der Waals surface area contributed by atoms with E-state index in [0.717, 1.165) is 37.4 Å². The summed E-state index contributed by atoms with van der Waals surface area (Å²) in [6.45, 7) is 12.9. The molecule has 0 saturated carbocycles. The van der Waals surface area contributed by atoms with E-state index < -0.39 is 0 Å². The summed E-state index contributed by atoms with van der Waals surface area (Å²) < 4.78 is 1.39. The minimum atomic E-state index is -0.135. The van der Waals surface area contributed by atoms with Crippen molar-refractivity contribution in [2.45, 2.75) is 54.0 Å². The van der Waals surface area contributed by atoms with Gasteiger partial charge >= 0.3 is 0 Å². The van der Waals surface area contributed by atoms with Crippen molar-refractivity contribution < 1.29 is 0 Å². The molecule has 0 bridgehead atoms. The molecule has 0 atom stereocenters. The molecule has 0 radical (unpaired) electrons. The third kappa shape index (κ3) is 7.08. The summed E-state index contributed by atoms with van der Waals surface area (Å²) >= 11 is 1.73. The molecular weight excluding hydrogens is 406 g/mol. The van der Waals surface area contributed by atoms with Crippen LogP contribution < -0.4 is 5.56 Å². The first-order chi connectivity index (χ1) is 15.1. The Hall–Kier alpha value is -2.38. The Balaban J connectivity index is 0.00000166. The minimum absolute atomic E-state index is 0.135. The summed E-state index contributed by atoms with van der Waals surface area (Å²) in [5.74, 6) is 2.06. The molecule has 1 fully saturated rings. The lowest BCUT2D eigenvalue weighted by atomic mass is 9.96. The molecule has 0 aliphatic carbocycles. The van der Waals surface area contributed by atoms with E-state index in [9.17, 15) is 4.79 Å². The largest absolute Gasteiger partial charge is 0.293 e. The van der Waals surface area contributed by atoms with Crippen LogP contribution in [0, 0.1) is 0 Å². The SMILES string of the molecule is C/C=C1/CN(Cc2cc(=O)n3[nH]c(/C=C/C=C\SCC)nc3n2)CC/C1=C/CC.CC. The van der Waals surface area contributed by atoms with Crippen molar-refractivity contribution in [1.29, 1.82) is 0 Å². The summed E-state index contributed by atoms with van der Waals surface area (Å²) in [4.78, 5) is 23.9. The third-order valence-corrected chi connectivity index (χ3v) is 5.48. The van der Waals surface area contributed by atoms with Gasteiger partial charge in [0.1, 0.15) is 5.82 Å². The molecule has 1 N–H and O–H groups in total. The van der Waals surface area contributed by atoms with Crippen LogP contribution in [0.1, 0.15) is 59.0 Å². The summed E-state index contributed by atoms with van der Waals surface area (Å²) in [5, 5.41) is 5.02. The van der Waals surface area contributed by atoms with Gasteiger partial charge in [0.05, 0.1) is 5.69 Å². The van der Waals surface area contributed by atoms with Gasteiger partial charge in [-0.05, 0) is 48.1 Å². The van der Waals surface area contributed by atoms with Gasteiger partial charge in [0, 0.05) is 25.7 Å². The summed E-state index contributed by atoms with van der Waals surface area (Å²) in [5.41, 5.74) is 3.45. The Kier molecular flexibility index (Phi) is 10.5. The highest BCUT2D eigenvalue weighted by atomic mass is 32.2. The Morgan fingerprint density at radius 3 is 2.71 bits per heavy atom. The van der Waals surface area contributed by atoms with Crippen molar-refractivity contribution in [3.8, 4) is 0 Å². The zero-order chi connectivity index (χ0) is 22.6. The van der Waals surface area contributed by atoms with Crippen molar-refractivity contribution >= 4 is 23.6 Å². The average Bonchev–Trinajstić information content (AvgIpc) is 3.19. The zero-order valence-corrected chi connectivity index (χ0v) is 20.2. The fourth-order valence-electron chi connectivity index (χ4n) is 3.42. The van der Waals surface area contributed by atoms with Crippen LogP contribution in [0.15, 0.2) is 51.7 Å². The zero-order valence-electron chi connectivity index (χ0n) is 19.4. The van der Waals surface area contributed by atoms with Crippen molar-refractivity contribution in [2.24, 2.45) is 0 Å². The molecule has 0 unspecified atom stereocenters. The van der Waals surface area contributed by atoms with Crippen LogP contribution in [0.3, 0.4) is 0 Å². The van der Waals surface area contributed by atoms with Gasteiger partial charge in [0.15, 0.2) is 0 Å². The molecular formula is C24H35N5OS. The van der Waals surface area contributed by atoms with Gasteiger partial charge in [0.25, 0.3) is 11.3 Å². The standard InChI is InChI=1S/C22H29N5OS.C2H6/c1-4-9-18-11-12-26(15-17(18)5-2)16-19-14-21(28)27-22(23-19)24-20(25-27)10-7-8-13-29-6-3;1-2/h5,7-10,13-14H,4,6,11-12,15-16H2,1-3H3,(H,23,24,25);1-2H3/b10-7+,13-8-,17-5-,18-9-;. The molecule has 0 aromatic carbocycles. The van der Waals surface area contributed by atoms with Gasteiger partial charge in [-0.3, -0.25) is 14.8 Å². The van der Waals surface area contributed by atoms with E-state index in [1.165, 1.54) is 15.7 Å². The van der Waals surface area contributed by atoms with Gasteiger partial charge < -0.3 is 0 Å². The fourth-order valence-corrected chi connectivity index (χ4v) is 3.82. The fraction of sp³-hybridized carbons (Fsp3) is 0.458. The molecule has 1 saturated heterocycles. The van der Waals surface area contributed by atoms with Crippen LogP contribution in [0.5, 0.6) is 0 Å². The normalized spacial score (nSPS) is 17.8. The van der Waals surface area contributed by atoms with Gasteiger partial charge in [-0.25, -0.2) is 4.98 Å². The number of thioether (sulfide) groups is 1. The average molecular weight is 442 g/mol. The molecule has 6 nitrogen and oxygen atoms in total. The molecule has 0 spiro atoms. The molecule has 1 aliphatic rings. The molecule has 2 aromatic rings. The van der Waals surface area contributed by atoms with E-state index in [1.807, 2.05) is 37.5 Å². The Morgan fingerprint density at radius 1 is 1.19 bits per heavy atom. The van der Waals surface area contributed by atoms with Crippen molar-refractivity contribution in [3.63, 3.8) is 0 Å². The first-order valence-electron chi connectivity index (χ1n) is 11.1. The molecule has 3 heterocycles. The monoisotopic (exact) mass is 441 g/mol. The topological polar surface area (TPSA) is 66.3 Å². The molecule has 7 heteroatoms. The van der Waals surface area contributed by atoms with Crippen LogP contribution in [0.4, 0.5) is 0 Å². The lowest BCUT2D eigenvalue weighted by molar-refractivity contribution is 0.273. The number of hydrogen-bond donors (Lipinski definition) is 1. The third-order valence-electron chi connectivity index (χ3n) is 4.80. The number of aromatic amines is 1. The number of rotatable bonds is 7. The summed E-state index contributed by atoms with van der Waals surface area (Å²) in [6, 6.07) is 1.60. The number of nitrogens with zero attached hydrogens (tertiary/aromatic N) is 4. The molecule has 0 amide bonds. The number of fused-ring (bicyclic) bond motifs is 1. The lowest BCUT2D eigenvalue weighted by Crippen LogP contribution is -2.32. The van der Waals surface area contributed by atoms with E-state index in [-0.39, 0.29) is 5.56 Å². The van der Waals surface area contributed by atoms with Crippen LogP contribution in [-0.2, 0) is 6.54 Å². The molecule has 1 aliphatic heterocycles. The van der Waals surface area contributed by atoms with Crippen LogP contribution in [0.2, 0.25) is 0 Å². The maximum atomic E-state index is 12.5. The van der Waals surface area contributed by atoms with Gasteiger partial charge in [-0.2, -0.15) is 9.50 Å². The second-order valence-corrected chi connectivity index (χ2v) is 8.07. The highest BCUT2D eigenvalue weighted by molar-refractivity contribution is 8.02. The van der Waals surface area contributed by atoms with Gasteiger partial charge in [-0.15, -0.1) is 11.8 Å². The number of hydrogen-bond acceptors (Lipinski definition) is 5. The molecule has 168 valence electrons. The lowest BCUT2D eigenvalue weighted by Gasteiger charge is -2.30. The first kappa shape index (κ1) is 24.9. The second kappa shape index (κ2) is 13.1. The van der Waals surface area contributed by atoms with Crippen molar-refractivity contribution in [1.82, 2.24) is 24.5 Å². The first-order valence-corrected chi connectivity index (χ1v) is 12.2. The van der Waals surface area contributed by atoms with Crippen LogP contribution in [0.25, 0.3) is 11.9 Å². The number of allylic oxidation sites excluding steroid dienone is 4. The number of piperidine rings is 1. The van der Waals surface area contributed by atoms with Crippen molar-refractivity contribution in [2.75, 3.05) is 18.8 Å². The van der Waals surface area contributed by atoms with Crippen LogP contribution >= 0.6 is 11.8 Å². The van der Waals surface area contributed by atoms with Crippen molar-refractivity contribution in [3.05, 3.63) is 68.8 Å². The number of nitrogens with one attached hydrogen (secondary N) is 1. The van der Waals surface area contributed by atoms with E-state index in [1.54, 1.807) is 17.8 Å². The number of H-pyrrole nitrogens is 1. The van der Waals surface area contributed by atoms with Crippen LogP contribution in [-0.4, -0.2) is 43.3 Å². The maximum Gasteiger partial charge on any atom is 0.274 e. The Morgan fingerprint density at radius 2 is 2.00 bits per heavy atom.